The maximum Gasteiger partial charge on any atom is 0.326 e. The van der Waals surface area contributed by atoms with Gasteiger partial charge in [-0.2, -0.15) is 0 Å². The van der Waals surface area contributed by atoms with E-state index < -0.39 is 27.8 Å². The molecule has 0 aliphatic rings. The van der Waals surface area contributed by atoms with E-state index in [1.807, 2.05) is 18.2 Å². The van der Waals surface area contributed by atoms with E-state index in [1.165, 1.54) is 18.2 Å². The monoisotopic (exact) mass is 557 g/mol. The lowest BCUT2D eigenvalue weighted by Crippen LogP contribution is -2.42. The molecule has 11 heteroatoms. The van der Waals surface area contributed by atoms with Crippen LogP contribution in [0.15, 0.2) is 71.8 Å². The molecule has 0 radical (unpaired) electrons. The number of aliphatic carboxylic acids is 1. The van der Waals surface area contributed by atoms with Crippen molar-refractivity contribution >= 4 is 44.9 Å². The average molecular weight is 558 g/mol. The Bertz CT molecular complexity index is 1400. The van der Waals surface area contributed by atoms with Gasteiger partial charge in [-0.1, -0.05) is 48.0 Å². The van der Waals surface area contributed by atoms with Crippen LogP contribution in [0.1, 0.15) is 34.3 Å². The van der Waals surface area contributed by atoms with Crippen molar-refractivity contribution in [3.05, 3.63) is 88.6 Å². The number of aromatic nitrogens is 1. The molecule has 9 nitrogen and oxygen atoms in total. The number of hydrogen-bond donors (Lipinski definition) is 3. The maximum absolute atomic E-state index is 12.8. The van der Waals surface area contributed by atoms with Crippen LogP contribution in [0.25, 0.3) is 0 Å². The molecule has 0 saturated heterocycles. The molecule has 3 N–H and O–H groups in total. The summed E-state index contributed by atoms with van der Waals surface area (Å²) in [6.45, 7) is 0.629. The molecular formula is C27H28ClN3O6S. The Kier molecular flexibility index (Phi) is 9.98. The van der Waals surface area contributed by atoms with E-state index in [9.17, 15) is 27.9 Å². The van der Waals surface area contributed by atoms with Crippen LogP contribution in [0.4, 0.5) is 5.82 Å². The standard InChI is InChI=1S/C27H28ClN3O6S/c1-38(36,37)23-8-4-7-21(28)25(23)26(33)31-22(27(34)35)17-19-12-10-18(11-13-19)16-20(32)6-5-15-30-24-9-2-3-14-29-24/h2-4,7-14,22H,5-6,15-17H2,1H3,(H,29,30)(H,31,33)(H,34,35)/t22-/m0/s1. The molecule has 1 amide bonds. The number of rotatable bonds is 13. The normalized spacial score (nSPS) is 11.9. The molecule has 0 fully saturated rings. The van der Waals surface area contributed by atoms with E-state index in [0.717, 1.165) is 17.6 Å². The molecule has 1 atom stereocenters. The number of benzene rings is 2. The molecule has 1 heterocycles. The smallest absolute Gasteiger partial charge is 0.326 e. The molecule has 0 aliphatic heterocycles. The molecule has 38 heavy (non-hydrogen) atoms. The number of amides is 1. The number of sulfone groups is 1. The second kappa shape index (κ2) is 13.2. The van der Waals surface area contributed by atoms with E-state index in [2.05, 4.69) is 15.6 Å². The average Bonchev–Trinajstić information content (AvgIpc) is 2.87. The fraction of sp³-hybridized carbons (Fsp3) is 0.259. The molecule has 0 saturated carbocycles. The zero-order valence-electron chi connectivity index (χ0n) is 20.7. The van der Waals surface area contributed by atoms with E-state index in [4.69, 9.17) is 11.6 Å². The minimum absolute atomic E-state index is 0.0485. The van der Waals surface area contributed by atoms with Gasteiger partial charge in [0.15, 0.2) is 9.84 Å². The van der Waals surface area contributed by atoms with Crippen molar-refractivity contribution in [3.63, 3.8) is 0 Å². The Morgan fingerprint density at radius 1 is 1.00 bits per heavy atom. The number of nitrogens with one attached hydrogen (secondary N) is 2. The number of ketones is 1. The molecule has 0 unspecified atom stereocenters. The topological polar surface area (TPSA) is 143 Å². The fourth-order valence-electron chi connectivity index (χ4n) is 3.78. The van der Waals surface area contributed by atoms with E-state index in [0.29, 0.717) is 24.9 Å². The summed E-state index contributed by atoms with van der Waals surface area (Å²) in [5, 5.41) is 15.1. The van der Waals surface area contributed by atoms with Gasteiger partial charge in [0.25, 0.3) is 5.91 Å². The van der Waals surface area contributed by atoms with Crippen LogP contribution in [0, 0.1) is 0 Å². The number of carboxylic acids is 1. The summed E-state index contributed by atoms with van der Waals surface area (Å²) in [5.41, 5.74) is 1.11. The molecule has 2 aromatic carbocycles. The third-order valence-electron chi connectivity index (χ3n) is 5.67. The van der Waals surface area contributed by atoms with Gasteiger partial charge in [0.2, 0.25) is 0 Å². The second-order valence-corrected chi connectivity index (χ2v) is 11.1. The number of hydrogen-bond acceptors (Lipinski definition) is 7. The quantitative estimate of drug-likeness (QED) is 0.271. The van der Waals surface area contributed by atoms with Gasteiger partial charge in [-0.15, -0.1) is 0 Å². The number of Topliss-reactive ketones (excluding diaryl/α,β-unsaturated/α-hetero) is 1. The van der Waals surface area contributed by atoms with Crippen LogP contribution in [0.5, 0.6) is 0 Å². The SMILES string of the molecule is CS(=O)(=O)c1cccc(Cl)c1C(=O)N[C@@H](Cc1ccc(CC(=O)CCCNc2ccccn2)cc1)C(=O)O. The summed E-state index contributed by atoms with van der Waals surface area (Å²) >= 11 is 6.07. The first-order valence-corrected chi connectivity index (χ1v) is 14.1. The van der Waals surface area contributed by atoms with Crippen molar-refractivity contribution in [1.29, 1.82) is 0 Å². The number of carboxylic acid groups (broad SMARTS) is 1. The van der Waals surface area contributed by atoms with Crippen LogP contribution in [0.2, 0.25) is 5.02 Å². The Hall–Kier alpha value is -3.76. The lowest BCUT2D eigenvalue weighted by atomic mass is 10.0. The van der Waals surface area contributed by atoms with Crippen LogP contribution < -0.4 is 10.6 Å². The van der Waals surface area contributed by atoms with Gasteiger partial charge in [-0.05, 0) is 41.8 Å². The van der Waals surface area contributed by atoms with Crippen molar-refractivity contribution in [2.45, 2.75) is 36.6 Å². The lowest BCUT2D eigenvalue weighted by Gasteiger charge is -2.17. The first kappa shape index (κ1) is 28.8. The molecule has 0 aliphatic carbocycles. The third-order valence-corrected chi connectivity index (χ3v) is 7.13. The molecule has 0 bridgehead atoms. The van der Waals surface area contributed by atoms with Gasteiger partial charge in [0.1, 0.15) is 17.6 Å². The lowest BCUT2D eigenvalue weighted by molar-refractivity contribution is -0.139. The maximum atomic E-state index is 12.8. The Morgan fingerprint density at radius 3 is 2.34 bits per heavy atom. The Labute approximate surface area is 226 Å². The summed E-state index contributed by atoms with van der Waals surface area (Å²) < 4.78 is 24.2. The van der Waals surface area contributed by atoms with Crippen molar-refractivity contribution < 1.29 is 27.9 Å². The summed E-state index contributed by atoms with van der Waals surface area (Å²) in [4.78, 5) is 40.9. The molecular weight excluding hydrogens is 530 g/mol. The summed E-state index contributed by atoms with van der Waals surface area (Å²) in [6, 6.07) is 15.1. The van der Waals surface area contributed by atoms with Crippen molar-refractivity contribution in [3.8, 4) is 0 Å². The predicted molar refractivity (Wildman–Crippen MR) is 144 cm³/mol. The highest BCUT2D eigenvalue weighted by Gasteiger charge is 2.26. The van der Waals surface area contributed by atoms with Crippen LogP contribution >= 0.6 is 11.6 Å². The summed E-state index contributed by atoms with van der Waals surface area (Å²) in [6.07, 6.45) is 3.91. The van der Waals surface area contributed by atoms with Crippen LogP contribution in [-0.2, 0) is 32.3 Å². The number of pyridine rings is 1. The number of carbonyl (C=O) groups excluding carboxylic acids is 2. The Balaban J connectivity index is 1.56. The highest BCUT2D eigenvalue weighted by atomic mass is 35.5. The molecule has 3 aromatic rings. The second-order valence-electron chi connectivity index (χ2n) is 8.73. The summed E-state index contributed by atoms with van der Waals surface area (Å²) in [5.74, 6) is -1.35. The number of nitrogens with zero attached hydrogens (tertiary/aromatic N) is 1. The number of halogens is 1. The minimum atomic E-state index is -3.78. The van der Waals surface area contributed by atoms with Gasteiger partial charge in [-0.25, -0.2) is 18.2 Å². The van der Waals surface area contributed by atoms with Gasteiger partial charge in [0.05, 0.1) is 15.5 Å². The highest BCUT2D eigenvalue weighted by Crippen LogP contribution is 2.24. The van der Waals surface area contributed by atoms with Crippen molar-refractivity contribution in [2.75, 3.05) is 18.1 Å². The van der Waals surface area contributed by atoms with Gasteiger partial charge < -0.3 is 15.7 Å². The van der Waals surface area contributed by atoms with Gasteiger partial charge in [0, 0.05) is 38.3 Å². The highest BCUT2D eigenvalue weighted by molar-refractivity contribution is 7.90. The minimum Gasteiger partial charge on any atom is -0.480 e. The molecule has 1 aromatic heterocycles. The van der Waals surface area contributed by atoms with E-state index >= 15 is 0 Å². The van der Waals surface area contributed by atoms with E-state index in [1.54, 1.807) is 30.5 Å². The zero-order valence-corrected chi connectivity index (χ0v) is 22.3. The summed E-state index contributed by atoms with van der Waals surface area (Å²) in [7, 11) is -3.78. The molecule has 0 spiro atoms. The first-order valence-electron chi connectivity index (χ1n) is 11.8. The molecule has 200 valence electrons. The number of carbonyl (C=O) groups is 3. The van der Waals surface area contributed by atoms with E-state index in [-0.39, 0.29) is 34.1 Å². The largest absolute Gasteiger partial charge is 0.480 e. The first-order chi connectivity index (χ1) is 18.0. The fourth-order valence-corrected chi connectivity index (χ4v) is 4.99. The van der Waals surface area contributed by atoms with Crippen LogP contribution in [-0.4, -0.2) is 55.0 Å². The Morgan fingerprint density at radius 2 is 1.71 bits per heavy atom. The van der Waals surface area contributed by atoms with Crippen molar-refractivity contribution in [2.24, 2.45) is 0 Å². The van der Waals surface area contributed by atoms with Gasteiger partial charge in [-0.3, -0.25) is 9.59 Å². The van der Waals surface area contributed by atoms with Crippen molar-refractivity contribution in [1.82, 2.24) is 10.3 Å². The number of anilines is 1. The van der Waals surface area contributed by atoms with Crippen LogP contribution in [0.3, 0.4) is 0 Å². The van der Waals surface area contributed by atoms with Gasteiger partial charge >= 0.3 is 5.97 Å². The zero-order chi connectivity index (χ0) is 27.7. The third kappa shape index (κ3) is 8.39. The molecule has 3 rings (SSSR count). The predicted octanol–water partition coefficient (Wildman–Crippen LogP) is 3.57.